The predicted molar refractivity (Wildman–Crippen MR) is 220 cm³/mol. The molecule has 0 fully saturated rings. The highest BCUT2D eigenvalue weighted by atomic mass is 15.0. The van der Waals surface area contributed by atoms with Crippen LogP contribution < -0.4 is 0 Å². The molecule has 2 aromatic heterocycles. The van der Waals surface area contributed by atoms with Gasteiger partial charge in [-0.1, -0.05) is 129 Å². The number of hydrogen-bond donors (Lipinski definition) is 0. The number of fused-ring (bicyclic) bond motifs is 6. The van der Waals surface area contributed by atoms with Crippen molar-refractivity contribution in [3.63, 3.8) is 0 Å². The Balaban J connectivity index is 1.27. The van der Waals surface area contributed by atoms with E-state index in [0.29, 0.717) is 11.4 Å². The van der Waals surface area contributed by atoms with Crippen LogP contribution >= 0.6 is 0 Å². The zero-order valence-electron chi connectivity index (χ0n) is 30.0. The van der Waals surface area contributed by atoms with E-state index in [1.165, 1.54) is 33.0 Å². The van der Waals surface area contributed by atoms with E-state index in [1.54, 1.807) is 0 Å². The van der Waals surface area contributed by atoms with Gasteiger partial charge in [-0.3, -0.25) is 0 Å². The van der Waals surface area contributed by atoms with Gasteiger partial charge >= 0.3 is 0 Å². The fourth-order valence-electron chi connectivity index (χ4n) is 8.34. The Morgan fingerprint density at radius 2 is 1.13 bits per heavy atom. The van der Waals surface area contributed by atoms with Gasteiger partial charge in [0.2, 0.25) is 0 Å². The third-order valence-electron chi connectivity index (χ3n) is 11.0. The van der Waals surface area contributed by atoms with Crippen LogP contribution in [0.15, 0.2) is 170 Å². The summed E-state index contributed by atoms with van der Waals surface area (Å²) in [6.45, 7) is 4.67. The topological polar surface area (TPSA) is 54.5 Å². The van der Waals surface area contributed by atoms with Gasteiger partial charge in [-0.05, 0) is 88.0 Å². The molecule has 9 aromatic rings. The molecule has 4 heteroatoms. The maximum atomic E-state index is 9.87. The second-order valence-electron chi connectivity index (χ2n) is 14.6. The number of benzene rings is 7. The van der Waals surface area contributed by atoms with Crippen molar-refractivity contribution in [1.29, 1.82) is 5.26 Å². The molecule has 0 saturated carbocycles. The summed E-state index contributed by atoms with van der Waals surface area (Å²) < 4.78 is 2.39. The zero-order valence-corrected chi connectivity index (χ0v) is 30.0. The Morgan fingerprint density at radius 3 is 1.87 bits per heavy atom. The number of aromatic nitrogens is 3. The van der Waals surface area contributed by atoms with Crippen molar-refractivity contribution in [2.24, 2.45) is 0 Å². The van der Waals surface area contributed by atoms with Gasteiger partial charge in [-0.2, -0.15) is 5.26 Å². The molecule has 54 heavy (non-hydrogen) atoms. The lowest BCUT2D eigenvalue weighted by Crippen LogP contribution is -2.14. The molecule has 0 unspecified atom stereocenters. The summed E-state index contributed by atoms with van der Waals surface area (Å²) >= 11 is 0. The lowest BCUT2D eigenvalue weighted by atomic mass is 9.82. The van der Waals surface area contributed by atoms with E-state index in [9.17, 15) is 5.26 Å². The van der Waals surface area contributed by atoms with E-state index < -0.39 is 0 Å². The van der Waals surface area contributed by atoms with Crippen LogP contribution in [0.2, 0.25) is 0 Å². The first kappa shape index (κ1) is 31.6. The molecule has 0 N–H and O–H groups in total. The van der Waals surface area contributed by atoms with E-state index >= 15 is 0 Å². The molecule has 254 valence electrons. The van der Waals surface area contributed by atoms with E-state index in [4.69, 9.17) is 9.97 Å². The smallest absolute Gasteiger partial charge is 0.160 e. The first-order chi connectivity index (χ1) is 26.5. The Bertz CT molecular complexity index is 2910. The van der Waals surface area contributed by atoms with Crippen molar-refractivity contribution in [3.05, 3.63) is 187 Å². The first-order valence-electron chi connectivity index (χ1n) is 18.3. The first-order valence-corrected chi connectivity index (χ1v) is 18.3. The van der Waals surface area contributed by atoms with Gasteiger partial charge in [-0.15, -0.1) is 0 Å². The molecule has 0 aliphatic heterocycles. The summed E-state index contributed by atoms with van der Waals surface area (Å²) in [4.78, 5) is 10.5. The average molecular weight is 691 g/mol. The molecule has 0 radical (unpaired) electrons. The highest BCUT2D eigenvalue weighted by Crippen LogP contribution is 2.51. The molecule has 7 aromatic carbocycles. The fraction of sp³-hybridized carbons (Fsp3) is 0.0600. The maximum absolute atomic E-state index is 9.87. The summed E-state index contributed by atoms with van der Waals surface area (Å²) in [5.74, 6) is 0.632. The minimum absolute atomic E-state index is 0.111. The minimum Gasteiger partial charge on any atom is -0.309 e. The number of nitrogens with zero attached hydrogens (tertiary/aromatic N) is 4. The van der Waals surface area contributed by atoms with Crippen LogP contribution in [0.1, 0.15) is 30.5 Å². The summed E-state index contributed by atoms with van der Waals surface area (Å²) in [6, 6.07) is 61.7. The summed E-state index contributed by atoms with van der Waals surface area (Å²) in [5, 5.41) is 12.3. The van der Waals surface area contributed by atoms with E-state index in [2.05, 4.69) is 140 Å². The molecule has 4 nitrogen and oxygen atoms in total. The van der Waals surface area contributed by atoms with Crippen LogP contribution in [0.3, 0.4) is 0 Å². The zero-order chi connectivity index (χ0) is 36.4. The van der Waals surface area contributed by atoms with Crippen LogP contribution in [-0.4, -0.2) is 14.5 Å². The monoisotopic (exact) mass is 690 g/mol. The van der Waals surface area contributed by atoms with Gasteiger partial charge in [0.15, 0.2) is 5.82 Å². The van der Waals surface area contributed by atoms with Crippen molar-refractivity contribution in [2.45, 2.75) is 19.3 Å². The second kappa shape index (κ2) is 12.3. The Morgan fingerprint density at radius 1 is 0.481 bits per heavy atom. The Labute approximate surface area is 314 Å². The van der Waals surface area contributed by atoms with Crippen molar-refractivity contribution >= 4 is 21.8 Å². The van der Waals surface area contributed by atoms with Crippen molar-refractivity contribution in [1.82, 2.24) is 14.5 Å². The third kappa shape index (κ3) is 5.05. The summed E-state index contributed by atoms with van der Waals surface area (Å²) in [5.41, 5.74) is 15.6. The fourth-order valence-corrected chi connectivity index (χ4v) is 8.34. The van der Waals surface area contributed by atoms with E-state index in [0.717, 1.165) is 55.9 Å². The molecule has 0 atom stereocenters. The average Bonchev–Trinajstić information content (AvgIpc) is 3.68. The van der Waals surface area contributed by atoms with Gasteiger partial charge in [0, 0.05) is 38.6 Å². The van der Waals surface area contributed by atoms with Gasteiger partial charge in [0.1, 0.15) is 0 Å². The highest BCUT2D eigenvalue weighted by Gasteiger charge is 2.36. The normalized spacial score (nSPS) is 12.8. The Hall–Kier alpha value is -7.09. The predicted octanol–water partition coefficient (Wildman–Crippen LogP) is 12.4. The SMILES string of the molecule is CC1(C)c2ccccc2-c2cc3c(cc21)c1ccccc1n3-c1cc(-c2cccc(C#N)c2)cc(-c2nc(-c3ccccc3)cc(-c3ccccc3)n2)c1. The minimum atomic E-state index is -0.111. The van der Waals surface area contributed by atoms with Crippen molar-refractivity contribution < 1.29 is 0 Å². The largest absolute Gasteiger partial charge is 0.309 e. The molecule has 1 aliphatic rings. The molecule has 10 rings (SSSR count). The van der Waals surface area contributed by atoms with E-state index in [1.807, 2.05) is 54.6 Å². The van der Waals surface area contributed by atoms with Crippen molar-refractivity contribution in [3.8, 4) is 67.9 Å². The standard InChI is InChI=1S/C50H34N4/c1-50(2)43-22-11-9-20-39(43)41-29-48-42(28-44(41)50)40-21-10-12-23-47(40)54(48)38-26-36(35-19-13-14-32(24-35)31-51)25-37(27-38)49-52-45(33-15-5-3-6-16-33)30-46(53-49)34-17-7-4-8-18-34/h3-30H,1-2H3. The van der Waals surface area contributed by atoms with Crippen LogP contribution in [0.5, 0.6) is 0 Å². The number of nitriles is 1. The van der Waals surface area contributed by atoms with Crippen LogP contribution in [0, 0.1) is 11.3 Å². The number of hydrogen-bond acceptors (Lipinski definition) is 3. The van der Waals surface area contributed by atoms with Crippen molar-refractivity contribution in [2.75, 3.05) is 0 Å². The van der Waals surface area contributed by atoms with Gasteiger partial charge in [0.05, 0.1) is 34.1 Å². The highest BCUT2D eigenvalue weighted by molar-refractivity contribution is 6.11. The quantitative estimate of drug-likeness (QED) is 0.181. The Kier molecular flexibility index (Phi) is 7.18. The number of para-hydroxylation sites is 1. The second-order valence-corrected chi connectivity index (χ2v) is 14.6. The molecular weight excluding hydrogens is 657 g/mol. The van der Waals surface area contributed by atoms with Gasteiger partial charge in [0.25, 0.3) is 0 Å². The third-order valence-corrected chi connectivity index (χ3v) is 11.0. The van der Waals surface area contributed by atoms with Crippen LogP contribution in [0.25, 0.3) is 83.6 Å². The molecule has 2 heterocycles. The molecule has 0 amide bonds. The molecule has 0 saturated heterocycles. The van der Waals surface area contributed by atoms with E-state index in [-0.39, 0.29) is 5.41 Å². The lowest BCUT2D eigenvalue weighted by molar-refractivity contribution is 0.661. The van der Waals surface area contributed by atoms with Gasteiger partial charge in [-0.25, -0.2) is 9.97 Å². The number of rotatable bonds is 5. The van der Waals surface area contributed by atoms with Crippen LogP contribution in [-0.2, 0) is 5.41 Å². The summed E-state index contributed by atoms with van der Waals surface area (Å²) in [6.07, 6.45) is 0. The lowest BCUT2D eigenvalue weighted by Gasteiger charge is -2.21. The van der Waals surface area contributed by atoms with Gasteiger partial charge < -0.3 is 4.57 Å². The molecule has 0 spiro atoms. The molecule has 0 bridgehead atoms. The van der Waals surface area contributed by atoms with Crippen LogP contribution in [0.4, 0.5) is 0 Å². The maximum Gasteiger partial charge on any atom is 0.160 e. The summed E-state index contributed by atoms with van der Waals surface area (Å²) in [7, 11) is 0. The molecule has 1 aliphatic carbocycles. The molecular formula is C50H34N4.